The minimum absolute atomic E-state index is 0.0348. The summed E-state index contributed by atoms with van der Waals surface area (Å²) in [5, 5.41) is 3.73. The third-order valence-corrected chi connectivity index (χ3v) is 5.17. The molecule has 0 atom stereocenters. The van der Waals surface area contributed by atoms with Crippen LogP contribution in [-0.2, 0) is 17.8 Å². The lowest BCUT2D eigenvalue weighted by molar-refractivity contribution is -0.121. The summed E-state index contributed by atoms with van der Waals surface area (Å²) in [5.74, 6) is 0.727. The number of amides is 1. The van der Waals surface area contributed by atoms with Crippen molar-refractivity contribution >= 4 is 40.1 Å². The first-order valence-electron chi connectivity index (χ1n) is 9.19. The Hall–Kier alpha value is -2.11. The molecule has 3 aromatic rings. The maximum atomic E-state index is 14.1. The highest BCUT2D eigenvalue weighted by molar-refractivity contribution is 6.42. The van der Waals surface area contributed by atoms with E-state index in [-0.39, 0.29) is 11.7 Å². The first kappa shape index (κ1) is 20.6. The predicted octanol–water partition coefficient (Wildman–Crippen LogP) is 5.24. The van der Waals surface area contributed by atoms with Gasteiger partial charge in [-0.25, -0.2) is 9.37 Å². The SMILES string of the molecule is CC(C)CNC(=O)CCn1c(Cc2ccccc2F)nc2cc(Cl)c(Cl)cc21. The molecule has 0 aliphatic rings. The molecule has 0 unspecified atom stereocenters. The Labute approximate surface area is 173 Å². The molecule has 1 aromatic heterocycles. The molecule has 0 radical (unpaired) electrons. The zero-order valence-electron chi connectivity index (χ0n) is 15.8. The fourth-order valence-corrected chi connectivity index (χ4v) is 3.30. The molecule has 1 heterocycles. The second-order valence-corrected chi connectivity index (χ2v) is 7.97. The highest BCUT2D eigenvalue weighted by Crippen LogP contribution is 2.29. The number of benzene rings is 2. The van der Waals surface area contributed by atoms with Crippen molar-refractivity contribution in [1.29, 1.82) is 0 Å². The summed E-state index contributed by atoms with van der Waals surface area (Å²) in [7, 11) is 0. The fraction of sp³-hybridized carbons (Fsp3) is 0.333. The van der Waals surface area contributed by atoms with Crippen LogP contribution in [0.25, 0.3) is 11.0 Å². The van der Waals surface area contributed by atoms with Gasteiger partial charge in [-0.1, -0.05) is 55.2 Å². The lowest BCUT2D eigenvalue weighted by Gasteiger charge is -2.11. The van der Waals surface area contributed by atoms with E-state index in [0.717, 1.165) is 5.52 Å². The normalized spacial score (nSPS) is 11.4. The number of aryl methyl sites for hydroxylation is 1. The number of aromatic nitrogens is 2. The monoisotopic (exact) mass is 421 g/mol. The fourth-order valence-electron chi connectivity index (χ4n) is 2.99. The molecule has 0 saturated heterocycles. The molecule has 0 saturated carbocycles. The number of nitrogens with zero attached hydrogens (tertiary/aromatic N) is 2. The largest absolute Gasteiger partial charge is 0.356 e. The number of fused-ring (bicyclic) bond motifs is 1. The van der Waals surface area contributed by atoms with E-state index in [1.807, 2.05) is 18.4 Å². The van der Waals surface area contributed by atoms with Crippen LogP contribution in [0.3, 0.4) is 0 Å². The second-order valence-electron chi connectivity index (χ2n) is 7.15. The Bertz CT molecular complexity index is 1000. The van der Waals surface area contributed by atoms with Gasteiger partial charge in [0.2, 0.25) is 5.91 Å². The van der Waals surface area contributed by atoms with Crippen molar-refractivity contribution < 1.29 is 9.18 Å². The highest BCUT2D eigenvalue weighted by Gasteiger charge is 2.16. The molecular weight excluding hydrogens is 400 g/mol. The lowest BCUT2D eigenvalue weighted by Crippen LogP contribution is -2.28. The van der Waals surface area contributed by atoms with Gasteiger partial charge in [0, 0.05) is 25.9 Å². The van der Waals surface area contributed by atoms with E-state index in [4.69, 9.17) is 23.2 Å². The van der Waals surface area contributed by atoms with Crippen molar-refractivity contribution in [2.75, 3.05) is 6.54 Å². The standard InChI is InChI=1S/C21H22Cl2FN3O/c1-13(2)12-25-21(28)7-8-27-19-11-16(23)15(22)10-18(19)26-20(27)9-14-5-3-4-6-17(14)24/h3-6,10-11,13H,7-9,12H2,1-2H3,(H,25,28). The van der Waals surface area contributed by atoms with Gasteiger partial charge < -0.3 is 9.88 Å². The number of nitrogens with one attached hydrogen (secondary N) is 1. The number of rotatable bonds is 7. The van der Waals surface area contributed by atoms with E-state index in [0.29, 0.717) is 58.8 Å². The maximum Gasteiger partial charge on any atom is 0.221 e. The van der Waals surface area contributed by atoms with Gasteiger partial charge in [0.25, 0.3) is 0 Å². The summed E-state index contributed by atoms with van der Waals surface area (Å²) in [6, 6.07) is 10.0. The summed E-state index contributed by atoms with van der Waals surface area (Å²) in [6.07, 6.45) is 0.604. The van der Waals surface area contributed by atoms with E-state index in [1.54, 1.807) is 30.3 Å². The topological polar surface area (TPSA) is 46.9 Å². The predicted molar refractivity (Wildman–Crippen MR) is 111 cm³/mol. The third kappa shape index (κ3) is 4.83. The summed E-state index contributed by atoms with van der Waals surface area (Å²) in [6.45, 7) is 5.14. The molecule has 0 spiro atoms. The molecule has 0 aliphatic carbocycles. The van der Waals surface area contributed by atoms with Gasteiger partial charge in [-0.2, -0.15) is 0 Å². The van der Waals surface area contributed by atoms with Gasteiger partial charge in [-0.3, -0.25) is 4.79 Å². The molecule has 4 nitrogen and oxygen atoms in total. The molecule has 28 heavy (non-hydrogen) atoms. The van der Waals surface area contributed by atoms with E-state index >= 15 is 0 Å². The molecule has 1 amide bonds. The van der Waals surface area contributed by atoms with Crippen LogP contribution in [0.15, 0.2) is 36.4 Å². The van der Waals surface area contributed by atoms with Crippen molar-refractivity contribution in [1.82, 2.24) is 14.9 Å². The highest BCUT2D eigenvalue weighted by atomic mass is 35.5. The van der Waals surface area contributed by atoms with Gasteiger partial charge in [-0.05, 0) is 29.7 Å². The van der Waals surface area contributed by atoms with Crippen LogP contribution in [0.5, 0.6) is 0 Å². The zero-order valence-corrected chi connectivity index (χ0v) is 17.3. The van der Waals surface area contributed by atoms with Gasteiger partial charge in [0.1, 0.15) is 11.6 Å². The van der Waals surface area contributed by atoms with E-state index < -0.39 is 0 Å². The molecule has 0 bridgehead atoms. The summed E-state index contributed by atoms with van der Waals surface area (Å²) in [5.41, 5.74) is 1.99. The van der Waals surface area contributed by atoms with Crippen molar-refractivity contribution in [2.45, 2.75) is 33.2 Å². The summed E-state index contributed by atoms with van der Waals surface area (Å²) >= 11 is 12.3. The average Bonchev–Trinajstić information content (AvgIpc) is 2.96. The van der Waals surface area contributed by atoms with Gasteiger partial charge in [-0.15, -0.1) is 0 Å². The first-order valence-corrected chi connectivity index (χ1v) is 9.95. The first-order chi connectivity index (χ1) is 13.3. The van der Waals surface area contributed by atoms with Crippen LogP contribution in [0, 0.1) is 11.7 Å². The third-order valence-electron chi connectivity index (χ3n) is 4.45. The van der Waals surface area contributed by atoms with Crippen LogP contribution in [0.4, 0.5) is 4.39 Å². The molecule has 2 aromatic carbocycles. The second kappa shape index (κ2) is 8.93. The van der Waals surface area contributed by atoms with Crippen LogP contribution >= 0.6 is 23.2 Å². The van der Waals surface area contributed by atoms with Crippen LogP contribution in [-0.4, -0.2) is 22.0 Å². The minimum Gasteiger partial charge on any atom is -0.356 e. The molecule has 1 N–H and O–H groups in total. The van der Waals surface area contributed by atoms with Gasteiger partial charge in [0.15, 0.2) is 0 Å². The number of halogens is 3. The Kier molecular flexibility index (Phi) is 6.57. The number of hydrogen-bond acceptors (Lipinski definition) is 2. The number of carbonyl (C=O) groups excluding carboxylic acids is 1. The van der Waals surface area contributed by atoms with Crippen LogP contribution in [0.1, 0.15) is 31.7 Å². The molecule has 0 aliphatic heterocycles. The van der Waals surface area contributed by atoms with Crippen LogP contribution in [0.2, 0.25) is 10.0 Å². The molecular formula is C21H22Cl2FN3O. The summed E-state index contributed by atoms with van der Waals surface area (Å²) < 4.78 is 16.1. The Morgan fingerprint density at radius 2 is 1.93 bits per heavy atom. The Balaban J connectivity index is 1.92. The average molecular weight is 422 g/mol. The van der Waals surface area contributed by atoms with Crippen molar-refractivity contribution in [2.24, 2.45) is 5.92 Å². The molecule has 3 rings (SSSR count). The number of carbonyl (C=O) groups is 1. The van der Waals surface area contributed by atoms with Crippen molar-refractivity contribution in [3.63, 3.8) is 0 Å². The lowest BCUT2D eigenvalue weighted by atomic mass is 10.1. The van der Waals surface area contributed by atoms with Crippen molar-refractivity contribution in [3.05, 3.63) is 63.6 Å². The maximum absolute atomic E-state index is 14.1. The zero-order chi connectivity index (χ0) is 20.3. The van der Waals surface area contributed by atoms with E-state index in [9.17, 15) is 9.18 Å². The number of imidazole rings is 1. The van der Waals surface area contributed by atoms with Crippen LogP contribution < -0.4 is 5.32 Å². The molecule has 0 fully saturated rings. The van der Waals surface area contributed by atoms with E-state index in [2.05, 4.69) is 10.3 Å². The smallest absolute Gasteiger partial charge is 0.221 e. The molecule has 7 heteroatoms. The van der Waals surface area contributed by atoms with Gasteiger partial charge in [0.05, 0.1) is 21.1 Å². The van der Waals surface area contributed by atoms with E-state index in [1.165, 1.54) is 6.07 Å². The van der Waals surface area contributed by atoms with Gasteiger partial charge >= 0.3 is 0 Å². The molecule has 148 valence electrons. The quantitative estimate of drug-likeness (QED) is 0.567. The Morgan fingerprint density at radius 1 is 1.21 bits per heavy atom. The Morgan fingerprint density at radius 3 is 2.64 bits per heavy atom. The summed E-state index contributed by atoms with van der Waals surface area (Å²) in [4.78, 5) is 16.8. The minimum atomic E-state index is -0.285. The van der Waals surface area contributed by atoms with Crippen molar-refractivity contribution in [3.8, 4) is 0 Å². The number of hydrogen-bond donors (Lipinski definition) is 1.